The van der Waals surface area contributed by atoms with Crippen molar-refractivity contribution >= 4 is 29.9 Å². The van der Waals surface area contributed by atoms with Crippen LogP contribution in [0.1, 0.15) is 25.0 Å². The van der Waals surface area contributed by atoms with E-state index in [1.165, 1.54) is 24.2 Å². The Hall–Kier alpha value is -1.06. The minimum atomic E-state index is 0. The fraction of sp³-hybridized carbons (Fsp3) is 0.667. The zero-order chi connectivity index (χ0) is 19.6. The molecule has 1 aliphatic heterocycles. The number of piperazine rings is 1. The van der Waals surface area contributed by atoms with Gasteiger partial charge in [-0.05, 0) is 44.0 Å². The highest BCUT2D eigenvalue weighted by molar-refractivity contribution is 14.0. The summed E-state index contributed by atoms with van der Waals surface area (Å²) in [7, 11) is 3.55. The number of hydrogen-bond donors (Lipinski definition) is 2. The van der Waals surface area contributed by atoms with Gasteiger partial charge in [0.05, 0.1) is 7.11 Å². The smallest absolute Gasteiger partial charge is 0.191 e. The quantitative estimate of drug-likeness (QED) is 0.324. The van der Waals surface area contributed by atoms with E-state index >= 15 is 0 Å². The minimum Gasteiger partial charge on any atom is -0.496 e. The highest BCUT2D eigenvalue weighted by Gasteiger charge is 2.20. The Labute approximate surface area is 188 Å². The number of halogens is 1. The average molecular weight is 503 g/mol. The van der Waals surface area contributed by atoms with E-state index in [-0.39, 0.29) is 24.0 Å². The van der Waals surface area contributed by atoms with E-state index in [1.807, 2.05) is 7.05 Å². The molecule has 1 aromatic carbocycles. The first kappa shape index (κ1) is 25.0. The molecule has 1 aromatic rings. The number of nitrogens with one attached hydrogen (secondary N) is 2. The van der Waals surface area contributed by atoms with Crippen LogP contribution in [-0.4, -0.2) is 81.8 Å². The number of benzene rings is 1. The molecule has 1 fully saturated rings. The number of rotatable bonds is 8. The number of likely N-dealkylation sites (N-methyl/N-ethyl adjacent to an activating group) is 1. The molecule has 2 N–H and O–H groups in total. The molecule has 0 aromatic heterocycles. The summed E-state index contributed by atoms with van der Waals surface area (Å²) in [5.41, 5.74) is 2.43. The third-order valence-corrected chi connectivity index (χ3v) is 5.44. The molecule has 0 bridgehead atoms. The van der Waals surface area contributed by atoms with Crippen molar-refractivity contribution in [2.75, 3.05) is 60.0 Å². The first-order valence-electron chi connectivity index (χ1n) is 10.1. The molecule has 0 aliphatic carbocycles. The second-order valence-electron chi connectivity index (χ2n) is 7.25. The molecule has 2 rings (SSSR count). The fourth-order valence-corrected chi connectivity index (χ4v) is 3.46. The zero-order valence-corrected chi connectivity index (χ0v) is 20.5. The number of guanidine groups is 1. The van der Waals surface area contributed by atoms with Crippen molar-refractivity contribution in [2.24, 2.45) is 4.99 Å². The van der Waals surface area contributed by atoms with Crippen molar-refractivity contribution in [3.8, 4) is 5.75 Å². The third kappa shape index (κ3) is 7.75. The molecule has 0 spiro atoms. The van der Waals surface area contributed by atoms with Gasteiger partial charge in [-0.2, -0.15) is 0 Å². The van der Waals surface area contributed by atoms with E-state index in [2.05, 4.69) is 64.4 Å². The van der Waals surface area contributed by atoms with Crippen LogP contribution in [0.3, 0.4) is 0 Å². The molecule has 1 heterocycles. The molecule has 28 heavy (non-hydrogen) atoms. The number of methoxy groups -OCH3 is 1. The van der Waals surface area contributed by atoms with Crippen molar-refractivity contribution in [1.29, 1.82) is 0 Å². The predicted molar refractivity (Wildman–Crippen MR) is 129 cm³/mol. The molecule has 160 valence electrons. The maximum absolute atomic E-state index is 5.41. The van der Waals surface area contributed by atoms with Gasteiger partial charge in [0.1, 0.15) is 5.75 Å². The number of hydrogen-bond acceptors (Lipinski definition) is 4. The Kier molecular flexibility index (Phi) is 11.8. The number of ether oxygens (including phenoxy) is 1. The molecule has 1 aliphatic rings. The van der Waals surface area contributed by atoms with E-state index in [9.17, 15) is 0 Å². The van der Waals surface area contributed by atoms with Crippen molar-refractivity contribution in [1.82, 2.24) is 20.4 Å². The van der Waals surface area contributed by atoms with Gasteiger partial charge in [-0.1, -0.05) is 19.1 Å². The minimum absolute atomic E-state index is 0. The monoisotopic (exact) mass is 503 g/mol. The maximum atomic E-state index is 5.41. The van der Waals surface area contributed by atoms with Crippen molar-refractivity contribution < 1.29 is 4.74 Å². The number of aryl methyl sites for hydroxylation is 1. The summed E-state index contributed by atoms with van der Waals surface area (Å²) in [6.45, 7) is 14.2. The lowest BCUT2D eigenvalue weighted by Gasteiger charge is -2.37. The van der Waals surface area contributed by atoms with Gasteiger partial charge in [-0.3, -0.25) is 9.89 Å². The van der Waals surface area contributed by atoms with Crippen LogP contribution in [-0.2, 0) is 6.42 Å². The van der Waals surface area contributed by atoms with Gasteiger partial charge in [0, 0.05) is 52.4 Å². The van der Waals surface area contributed by atoms with E-state index in [0.29, 0.717) is 6.04 Å². The second-order valence-corrected chi connectivity index (χ2v) is 7.25. The van der Waals surface area contributed by atoms with E-state index < -0.39 is 0 Å². The van der Waals surface area contributed by atoms with Crippen LogP contribution in [0.2, 0.25) is 0 Å². The largest absolute Gasteiger partial charge is 0.496 e. The molecule has 1 unspecified atom stereocenters. The van der Waals surface area contributed by atoms with Crippen LogP contribution in [0.5, 0.6) is 5.75 Å². The molecule has 0 radical (unpaired) electrons. The van der Waals surface area contributed by atoms with Gasteiger partial charge >= 0.3 is 0 Å². The van der Waals surface area contributed by atoms with Crippen LogP contribution in [0.15, 0.2) is 23.2 Å². The Morgan fingerprint density at radius 1 is 1.21 bits per heavy atom. The molecular weight excluding hydrogens is 465 g/mol. The molecule has 0 amide bonds. The first-order valence-corrected chi connectivity index (χ1v) is 10.1. The first-order chi connectivity index (χ1) is 13.1. The number of aliphatic imine (C=N–C) groups is 1. The highest BCUT2D eigenvalue weighted by atomic mass is 127. The average Bonchev–Trinajstić information content (AvgIpc) is 2.71. The van der Waals surface area contributed by atoms with E-state index in [4.69, 9.17) is 4.74 Å². The Balaban J connectivity index is 0.00000392. The summed E-state index contributed by atoms with van der Waals surface area (Å²) < 4.78 is 5.41. The lowest BCUT2D eigenvalue weighted by Crippen LogP contribution is -2.53. The molecule has 7 heteroatoms. The van der Waals surface area contributed by atoms with Crippen molar-refractivity contribution in [3.63, 3.8) is 0 Å². The van der Waals surface area contributed by atoms with Crippen molar-refractivity contribution in [2.45, 2.75) is 33.2 Å². The van der Waals surface area contributed by atoms with Gasteiger partial charge in [0.2, 0.25) is 0 Å². The summed E-state index contributed by atoms with van der Waals surface area (Å²) in [5.74, 6) is 1.82. The zero-order valence-electron chi connectivity index (χ0n) is 18.1. The number of nitrogens with zero attached hydrogens (tertiary/aromatic N) is 3. The van der Waals surface area contributed by atoms with Crippen LogP contribution < -0.4 is 15.4 Å². The predicted octanol–water partition coefficient (Wildman–Crippen LogP) is 2.36. The molecule has 1 saturated heterocycles. The standard InChI is InChI=1S/C21H37N5O.HI/c1-6-25-11-13-26(14-12-25)18(3)16-24-21(22-4)23-10-9-19-8-7-17(2)20(15-19)27-5;/h7-8,15,18H,6,9-14,16H2,1-5H3,(H2,22,23,24);1H. The fourth-order valence-electron chi connectivity index (χ4n) is 3.46. The van der Waals surface area contributed by atoms with Gasteiger partial charge in [0.25, 0.3) is 0 Å². The lowest BCUT2D eigenvalue weighted by molar-refractivity contribution is 0.107. The molecule has 0 saturated carbocycles. The molecule has 1 atom stereocenters. The van der Waals surface area contributed by atoms with Gasteiger partial charge in [-0.15, -0.1) is 24.0 Å². The highest BCUT2D eigenvalue weighted by Crippen LogP contribution is 2.18. The summed E-state index contributed by atoms with van der Waals surface area (Å²) in [6, 6.07) is 6.89. The Bertz CT molecular complexity index is 602. The van der Waals surface area contributed by atoms with Gasteiger partial charge in [0.15, 0.2) is 5.96 Å². The van der Waals surface area contributed by atoms with Crippen molar-refractivity contribution in [3.05, 3.63) is 29.3 Å². The second kappa shape index (κ2) is 13.2. The summed E-state index contributed by atoms with van der Waals surface area (Å²) in [4.78, 5) is 9.42. The van der Waals surface area contributed by atoms with E-state index in [1.54, 1.807) is 7.11 Å². The normalized spacial score (nSPS) is 17.0. The van der Waals surface area contributed by atoms with Gasteiger partial charge < -0.3 is 20.3 Å². The SMILES string of the molecule is CCN1CCN(C(C)CNC(=NC)NCCc2ccc(C)c(OC)c2)CC1.I. The summed E-state index contributed by atoms with van der Waals surface area (Å²) in [5, 5.41) is 6.88. The Morgan fingerprint density at radius 3 is 2.54 bits per heavy atom. The molecule has 6 nitrogen and oxygen atoms in total. The third-order valence-electron chi connectivity index (χ3n) is 5.44. The van der Waals surface area contributed by atoms with Crippen LogP contribution >= 0.6 is 24.0 Å². The Morgan fingerprint density at radius 2 is 1.93 bits per heavy atom. The summed E-state index contributed by atoms with van der Waals surface area (Å²) >= 11 is 0. The van der Waals surface area contributed by atoms with Crippen LogP contribution in [0.25, 0.3) is 0 Å². The maximum Gasteiger partial charge on any atom is 0.191 e. The van der Waals surface area contributed by atoms with Gasteiger partial charge in [-0.25, -0.2) is 0 Å². The van der Waals surface area contributed by atoms with E-state index in [0.717, 1.165) is 50.9 Å². The van der Waals surface area contributed by atoms with Crippen LogP contribution in [0.4, 0.5) is 0 Å². The molecular formula is C21H38IN5O. The summed E-state index contributed by atoms with van der Waals surface area (Å²) in [6.07, 6.45) is 0.936. The lowest BCUT2D eigenvalue weighted by atomic mass is 10.1. The van der Waals surface area contributed by atoms with Crippen LogP contribution in [0, 0.1) is 6.92 Å². The topological polar surface area (TPSA) is 52.1 Å².